The second-order valence-corrected chi connectivity index (χ2v) is 5.43. The second-order valence-electron chi connectivity index (χ2n) is 5.43. The Morgan fingerprint density at radius 3 is 2.62 bits per heavy atom. The number of hydrogen-bond acceptors (Lipinski definition) is 3. The largest absolute Gasteiger partial charge is 0.444 e. The third kappa shape index (κ3) is 2.13. The molecule has 0 aromatic heterocycles. The predicted octanol–water partition coefficient (Wildman–Crippen LogP) is 0.884. The predicted molar refractivity (Wildman–Crippen MR) is 57.9 cm³/mol. The summed E-state index contributed by atoms with van der Waals surface area (Å²) in [5.41, 5.74) is -0.510. The first-order valence-electron chi connectivity index (χ1n) is 5.67. The fourth-order valence-electron chi connectivity index (χ4n) is 2.18. The molecule has 5 heteroatoms. The van der Waals surface area contributed by atoms with Crippen molar-refractivity contribution in [1.29, 1.82) is 0 Å². The van der Waals surface area contributed by atoms with Crippen LogP contribution >= 0.6 is 0 Å². The highest BCUT2D eigenvalue weighted by Gasteiger charge is 2.43. The first-order valence-corrected chi connectivity index (χ1v) is 5.67. The Bertz CT molecular complexity index is 322. The Balaban J connectivity index is 2.05. The van der Waals surface area contributed by atoms with Crippen LogP contribution in [0.15, 0.2) is 0 Å². The Morgan fingerprint density at radius 2 is 2.12 bits per heavy atom. The van der Waals surface area contributed by atoms with Crippen LogP contribution in [-0.2, 0) is 9.53 Å². The maximum absolute atomic E-state index is 11.9. The zero-order valence-corrected chi connectivity index (χ0v) is 9.95. The lowest BCUT2D eigenvalue weighted by molar-refractivity contribution is -0.134. The Morgan fingerprint density at radius 1 is 1.44 bits per heavy atom. The molecule has 3 heterocycles. The molecule has 2 amide bonds. The van der Waals surface area contributed by atoms with E-state index in [-0.39, 0.29) is 24.1 Å². The van der Waals surface area contributed by atoms with Crippen molar-refractivity contribution in [1.82, 2.24) is 10.2 Å². The van der Waals surface area contributed by atoms with Crippen molar-refractivity contribution in [2.45, 2.75) is 51.3 Å². The normalized spacial score (nSPS) is 28.9. The molecule has 2 bridgehead atoms. The van der Waals surface area contributed by atoms with Crippen LogP contribution in [0.1, 0.15) is 33.6 Å². The Kier molecular flexibility index (Phi) is 2.56. The summed E-state index contributed by atoms with van der Waals surface area (Å²) in [6.07, 6.45) is 1.32. The molecule has 5 nitrogen and oxygen atoms in total. The van der Waals surface area contributed by atoms with Crippen LogP contribution in [0.3, 0.4) is 0 Å². The summed E-state index contributed by atoms with van der Waals surface area (Å²) in [4.78, 5) is 25.0. The fourth-order valence-corrected chi connectivity index (χ4v) is 2.18. The second kappa shape index (κ2) is 3.64. The number of hydrogen-bond donors (Lipinski definition) is 1. The maximum Gasteiger partial charge on any atom is 0.411 e. The van der Waals surface area contributed by atoms with E-state index >= 15 is 0 Å². The zero-order valence-electron chi connectivity index (χ0n) is 9.95. The lowest BCUT2D eigenvalue weighted by Crippen LogP contribution is -2.65. The van der Waals surface area contributed by atoms with Crippen molar-refractivity contribution in [3.05, 3.63) is 0 Å². The minimum Gasteiger partial charge on any atom is -0.444 e. The first-order chi connectivity index (χ1) is 7.37. The van der Waals surface area contributed by atoms with E-state index in [0.717, 1.165) is 12.8 Å². The number of nitrogens with one attached hydrogen (secondary N) is 1. The molecule has 3 saturated heterocycles. The summed E-state index contributed by atoms with van der Waals surface area (Å²) in [6.45, 7) is 6.05. The molecule has 1 N–H and O–H groups in total. The molecule has 0 aromatic carbocycles. The average molecular weight is 226 g/mol. The number of ether oxygens (including phenoxy) is 1. The van der Waals surface area contributed by atoms with E-state index in [2.05, 4.69) is 5.32 Å². The van der Waals surface area contributed by atoms with Crippen LogP contribution in [0.2, 0.25) is 0 Å². The van der Waals surface area contributed by atoms with Crippen molar-refractivity contribution in [2.24, 2.45) is 0 Å². The molecule has 0 aromatic rings. The number of amides is 2. The lowest BCUT2D eigenvalue weighted by atomic mass is 9.93. The summed E-state index contributed by atoms with van der Waals surface area (Å²) >= 11 is 0. The minimum absolute atomic E-state index is 0.0478. The third-order valence-corrected chi connectivity index (χ3v) is 2.86. The van der Waals surface area contributed by atoms with E-state index in [0.29, 0.717) is 6.54 Å². The maximum atomic E-state index is 11.9. The number of nitrogens with zero attached hydrogens (tertiary/aromatic N) is 1. The van der Waals surface area contributed by atoms with E-state index < -0.39 is 5.60 Å². The highest BCUT2D eigenvalue weighted by molar-refractivity contribution is 5.88. The third-order valence-electron chi connectivity index (χ3n) is 2.86. The molecule has 3 rings (SSSR count). The SMILES string of the molecule is CC(C)(C)OC(=O)N1C[C@@H]2CC[C@H]1C(=O)N2. The molecule has 16 heavy (non-hydrogen) atoms. The van der Waals surface area contributed by atoms with Gasteiger partial charge in [-0.2, -0.15) is 0 Å². The topological polar surface area (TPSA) is 58.6 Å². The molecule has 3 aliphatic rings. The molecular weight excluding hydrogens is 208 g/mol. The van der Waals surface area contributed by atoms with Crippen molar-refractivity contribution in [3.63, 3.8) is 0 Å². The number of carbonyl (C=O) groups excluding carboxylic acids is 2. The standard InChI is InChI=1S/C11H18N2O3/c1-11(2,3)16-10(15)13-6-7-4-5-8(13)9(14)12-7/h7-8H,4-6H2,1-3H3,(H,12,14)/t7-,8-/m0/s1. The molecule has 0 radical (unpaired) electrons. The zero-order chi connectivity index (χ0) is 11.9. The quantitative estimate of drug-likeness (QED) is 0.667. The number of piperazine rings is 1. The van der Waals surface area contributed by atoms with E-state index in [1.807, 2.05) is 20.8 Å². The van der Waals surface area contributed by atoms with Crippen LogP contribution < -0.4 is 5.32 Å². The molecule has 0 unspecified atom stereocenters. The van der Waals surface area contributed by atoms with Gasteiger partial charge in [-0.15, -0.1) is 0 Å². The van der Waals surface area contributed by atoms with Gasteiger partial charge < -0.3 is 10.1 Å². The monoisotopic (exact) mass is 226 g/mol. The van der Waals surface area contributed by atoms with Gasteiger partial charge in [-0.05, 0) is 33.6 Å². The Hall–Kier alpha value is -1.26. The number of carbonyl (C=O) groups is 2. The highest BCUT2D eigenvalue weighted by atomic mass is 16.6. The smallest absolute Gasteiger partial charge is 0.411 e. The van der Waals surface area contributed by atoms with Gasteiger partial charge in [0.2, 0.25) is 5.91 Å². The average Bonchev–Trinajstić information content (AvgIpc) is 2.15. The fraction of sp³-hybridized carbons (Fsp3) is 0.818. The van der Waals surface area contributed by atoms with Crippen LogP contribution in [0.25, 0.3) is 0 Å². The first kappa shape index (κ1) is 11.2. The van der Waals surface area contributed by atoms with Crippen molar-refractivity contribution >= 4 is 12.0 Å². The van der Waals surface area contributed by atoms with Gasteiger partial charge in [-0.25, -0.2) is 4.79 Å². The Labute approximate surface area is 95.1 Å². The van der Waals surface area contributed by atoms with E-state index in [9.17, 15) is 9.59 Å². The van der Waals surface area contributed by atoms with Gasteiger partial charge in [-0.1, -0.05) is 0 Å². The van der Waals surface area contributed by atoms with Crippen LogP contribution in [-0.4, -0.2) is 41.1 Å². The lowest BCUT2D eigenvalue weighted by Gasteiger charge is -2.44. The summed E-state index contributed by atoms with van der Waals surface area (Å²) in [6, 6.07) is -0.232. The van der Waals surface area contributed by atoms with Gasteiger partial charge in [0, 0.05) is 12.6 Å². The summed E-state index contributed by atoms with van der Waals surface area (Å²) in [5, 5.41) is 2.88. The summed E-state index contributed by atoms with van der Waals surface area (Å²) < 4.78 is 5.29. The molecule has 90 valence electrons. The van der Waals surface area contributed by atoms with Crippen LogP contribution in [0.5, 0.6) is 0 Å². The van der Waals surface area contributed by atoms with E-state index in [4.69, 9.17) is 4.74 Å². The molecular formula is C11H18N2O3. The van der Waals surface area contributed by atoms with Crippen LogP contribution in [0.4, 0.5) is 4.79 Å². The molecule has 3 fully saturated rings. The molecule has 2 atom stereocenters. The van der Waals surface area contributed by atoms with E-state index in [1.54, 1.807) is 4.90 Å². The minimum atomic E-state index is -0.510. The summed E-state index contributed by atoms with van der Waals surface area (Å²) in [5.74, 6) is -0.0478. The van der Waals surface area contributed by atoms with Crippen molar-refractivity contribution in [3.8, 4) is 0 Å². The van der Waals surface area contributed by atoms with Crippen LogP contribution in [0, 0.1) is 0 Å². The van der Waals surface area contributed by atoms with Crippen molar-refractivity contribution in [2.75, 3.05) is 6.54 Å². The summed E-state index contributed by atoms with van der Waals surface area (Å²) in [7, 11) is 0. The molecule has 3 aliphatic heterocycles. The van der Waals surface area contributed by atoms with Gasteiger partial charge in [-0.3, -0.25) is 9.69 Å². The number of fused-ring (bicyclic) bond motifs is 3. The molecule has 0 saturated carbocycles. The molecule has 0 spiro atoms. The van der Waals surface area contributed by atoms with Gasteiger partial charge in [0.1, 0.15) is 11.6 Å². The van der Waals surface area contributed by atoms with Gasteiger partial charge in [0.15, 0.2) is 0 Å². The highest BCUT2D eigenvalue weighted by Crippen LogP contribution is 2.24. The van der Waals surface area contributed by atoms with E-state index in [1.165, 1.54) is 0 Å². The van der Waals surface area contributed by atoms with Gasteiger partial charge in [0.05, 0.1) is 0 Å². The molecule has 0 aliphatic carbocycles. The van der Waals surface area contributed by atoms with Gasteiger partial charge >= 0.3 is 6.09 Å². The number of piperidine rings is 2. The number of rotatable bonds is 0. The van der Waals surface area contributed by atoms with Gasteiger partial charge in [0.25, 0.3) is 0 Å². The van der Waals surface area contributed by atoms with Crippen molar-refractivity contribution < 1.29 is 14.3 Å².